The van der Waals surface area contributed by atoms with Gasteiger partial charge in [0.25, 0.3) is 11.8 Å². The number of hydrogen-bond acceptors (Lipinski definition) is 3. The molecule has 2 aromatic rings. The molecule has 2 aromatic carbocycles. The fourth-order valence-corrected chi connectivity index (χ4v) is 5.55. The molecular weight excluding hydrogens is 368 g/mol. The number of thioether (sulfide) groups is 1. The Balaban J connectivity index is 1.46. The average Bonchev–Trinajstić information content (AvgIpc) is 3.11. The van der Waals surface area contributed by atoms with Crippen LogP contribution in [0.4, 0.5) is 0 Å². The van der Waals surface area contributed by atoms with Crippen LogP contribution in [-0.4, -0.2) is 51.9 Å². The Hall–Kier alpha value is -2.27. The zero-order chi connectivity index (χ0) is 19.7. The summed E-state index contributed by atoms with van der Waals surface area (Å²) in [5.41, 5.74) is 3.81. The second-order valence-corrected chi connectivity index (χ2v) is 9.23. The summed E-state index contributed by atoms with van der Waals surface area (Å²) < 4.78 is 0. The first-order valence-corrected chi connectivity index (χ1v) is 10.9. The molecule has 2 amide bonds. The number of aryl methyl sites for hydroxylation is 2. The van der Waals surface area contributed by atoms with Crippen LogP contribution >= 0.6 is 11.8 Å². The van der Waals surface area contributed by atoms with E-state index >= 15 is 0 Å². The Labute approximate surface area is 170 Å². The van der Waals surface area contributed by atoms with Gasteiger partial charge in [-0.2, -0.15) is 0 Å². The minimum atomic E-state index is -0.175. The number of carbonyl (C=O) groups is 2. The van der Waals surface area contributed by atoms with Crippen molar-refractivity contribution in [2.24, 2.45) is 0 Å². The Morgan fingerprint density at radius 2 is 1.29 bits per heavy atom. The van der Waals surface area contributed by atoms with Crippen LogP contribution in [0.15, 0.2) is 48.5 Å². The lowest BCUT2D eigenvalue weighted by molar-refractivity contribution is 0.0498. The normalized spacial score (nSPS) is 18.5. The lowest BCUT2D eigenvalue weighted by atomic mass is 9.99. The van der Waals surface area contributed by atoms with Crippen LogP contribution in [0.2, 0.25) is 0 Å². The maximum Gasteiger partial charge on any atom is 0.254 e. The van der Waals surface area contributed by atoms with Gasteiger partial charge in [0.1, 0.15) is 0 Å². The largest absolute Gasteiger partial charge is 0.338 e. The van der Waals surface area contributed by atoms with E-state index in [1.807, 2.05) is 79.0 Å². The second kappa shape index (κ2) is 7.63. The van der Waals surface area contributed by atoms with Gasteiger partial charge in [0.2, 0.25) is 0 Å². The maximum absolute atomic E-state index is 13.1. The molecule has 0 aliphatic carbocycles. The molecule has 0 N–H and O–H groups in total. The minimum Gasteiger partial charge on any atom is -0.338 e. The third kappa shape index (κ3) is 3.55. The highest BCUT2D eigenvalue weighted by molar-refractivity contribution is 8.00. The Morgan fingerprint density at radius 3 is 1.82 bits per heavy atom. The lowest BCUT2D eigenvalue weighted by Crippen LogP contribution is -2.53. The molecule has 2 fully saturated rings. The summed E-state index contributed by atoms with van der Waals surface area (Å²) in [6, 6.07) is 15.6. The number of benzene rings is 2. The molecule has 4 rings (SSSR count). The van der Waals surface area contributed by atoms with Gasteiger partial charge in [0.15, 0.2) is 0 Å². The zero-order valence-corrected chi connectivity index (χ0v) is 17.3. The molecule has 0 saturated carbocycles. The van der Waals surface area contributed by atoms with Crippen molar-refractivity contribution < 1.29 is 9.59 Å². The zero-order valence-electron chi connectivity index (χ0n) is 16.5. The molecule has 1 spiro atoms. The summed E-state index contributed by atoms with van der Waals surface area (Å²) in [5.74, 6) is 1.17. The molecular formula is C23H26N2O2S. The van der Waals surface area contributed by atoms with Gasteiger partial charge in [-0.3, -0.25) is 9.59 Å². The topological polar surface area (TPSA) is 40.6 Å². The first-order valence-electron chi connectivity index (χ1n) is 9.87. The van der Waals surface area contributed by atoms with Gasteiger partial charge in [0, 0.05) is 36.5 Å². The number of hydrogen-bond donors (Lipinski definition) is 0. The van der Waals surface area contributed by atoms with Crippen LogP contribution in [0.3, 0.4) is 0 Å². The molecule has 0 radical (unpaired) electrons. The van der Waals surface area contributed by atoms with E-state index in [4.69, 9.17) is 0 Å². The number of piperidine rings is 1. The molecule has 0 unspecified atom stereocenters. The monoisotopic (exact) mass is 394 g/mol. The third-order valence-electron chi connectivity index (χ3n) is 5.85. The summed E-state index contributed by atoms with van der Waals surface area (Å²) in [6.45, 7) is 6.22. The molecule has 0 bridgehead atoms. The molecule has 5 heteroatoms. The maximum atomic E-state index is 13.1. The van der Waals surface area contributed by atoms with Gasteiger partial charge in [-0.25, -0.2) is 0 Å². The highest BCUT2D eigenvalue weighted by Crippen LogP contribution is 2.44. The summed E-state index contributed by atoms with van der Waals surface area (Å²) in [7, 11) is 0. The van der Waals surface area contributed by atoms with Crippen molar-refractivity contribution in [2.75, 3.05) is 25.4 Å². The van der Waals surface area contributed by atoms with Crippen LogP contribution in [0.5, 0.6) is 0 Å². The number of nitrogens with zero attached hydrogens (tertiary/aromatic N) is 2. The quantitative estimate of drug-likeness (QED) is 0.769. The van der Waals surface area contributed by atoms with Crippen molar-refractivity contribution in [1.82, 2.24) is 9.80 Å². The van der Waals surface area contributed by atoms with E-state index in [-0.39, 0.29) is 16.7 Å². The number of amides is 2. The molecule has 2 saturated heterocycles. The number of likely N-dealkylation sites (tertiary alicyclic amines) is 1. The van der Waals surface area contributed by atoms with E-state index in [1.54, 1.807) is 0 Å². The van der Waals surface area contributed by atoms with Crippen molar-refractivity contribution in [1.29, 1.82) is 0 Å². The van der Waals surface area contributed by atoms with Gasteiger partial charge in [0.05, 0.1) is 4.87 Å². The van der Waals surface area contributed by atoms with Crippen LogP contribution in [0, 0.1) is 13.8 Å². The highest BCUT2D eigenvalue weighted by atomic mass is 32.2. The molecule has 4 nitrogen and oxygen atoms in total. The minimum absolute atomic E-state index is 0.0919. The van der Waals surface area contributed by atoms with Crippen LogP contribution in [0.25, 0.3) is 0 Å². The van der Waals surface area contributed by atoms with E-state index in [1.165, 1.54) is 0 Å². The number of carbonyl (C=O) groups excluding carboxylic acids is 2. The lowest BCUT2D eigenvalue weighted by Gasteiger charge is -2.44. The average molecular weight is 395 g/mol. The molecule has 0 aromatic heterocycles. The molecule has 146 valence electrons. The van der Waals surface area contributed by atoms with Crippen molar-refractivity contribution in [3.05, 3.63) is 70.8 Å². The molecule has 0 atom stereocenters. The van der Waals surface area contributed by atoms with E-state index in [9.17, 15) is 9.59 Å². The van der Waals surface area contributed by atoms with Gasteiger partial charge in [-0.05, 0) is 51.0 Å². The predicted octanol–water partition coefficient (Wildman–Crippen LogP) is 4.12. The van der Waals surface area contributed by atoms with Crippen molar-refractivity contribution in [2.45, 2.75) is 31.6 Å². The van der Waals surface area contributed by atoms with Gasteiger partial charge in [-0.1, -0.05) is 35.4 Å². The summed E-state index contributed by atoms with van der Waals surface area (Å²) >= 11 is 1.88. The smallest absolute Gasteiger partial charge is 0.254 e. The van der Waals surface area contributed by atoms with E-state index in [0.717, 1.165) is 47.4 Å². The van der Waals surface area contributed by atoms with Gasteiger partial charge in [-0.15, -0.1) is 11.8 Å². The van der Waals surface area contributed by atoms with Crippen LogP contribution in [0.1, 0.15) is 44.7 Å². The summed E-state index contributed by atoms with van der Waals surface area (Å²) in [4.78, 5) is 29.8. The Bertz CT molecular complexity index is 868. The summed E-state index contributed by atoms with van der Waals surface area (Å²) in [6.07, 6.45) is 1.65. The van der Waals surface area contributed by atoms with Crippen LogP contribution < -0.4 is 0 Å². The standard InChI is InChI=1S/C23H26N2O2S/c1-17-3-7-19(8-4-17)21(26)24-13-11-23(12-14-24)25(15-16-28-23)22(27)20-9-5-18(2)6-10-20/h3-10H,11-16H2,1-2H3. The molecule has 2 heterocycles. The first kappa shape index (κ1) is 19.1. The molecule has 2 aliphatic heterocycles. The molecule has 2 aliphatic rings. The Morgan fingerprint density at radius 1 is 0.786 bits per heavy atom. The Kier molecular flexibility index (Phi) is 5.19. The van der Waals surface area contributed by atoms with E-state index < -0.39 is 0 Å². The summed E-state index contributed by atoms with van der Waals surface area (Å²) in [5, 5.41) is 0. The third-order valence-corrected chi connectivity index (χ3v) is 7.40. The van der Waals surface area contributed by atoms with Gasteiger partial charge >= 0.3 is 0 Å². The van der Waals surface area contributed by atoms with Crippen molar-refractivity contribution in [3.63, 3.8) is 0 Å². The SMILES string of the molecule is Cc1ccc(C(=O)N2CCC3(CC2)SCCN3C(=O)c2ccc(C)cc2)cc1. The van der Waals surface area contributed by atoms with Gasteiger partial charge < -0.3 is 9.80 Å². The van der Waals surface area contributed by atoms with E-state index in [0.29, 0.717) is 13.1 Å². The first-order chi connectivity index (χ1) is 13.5. The molecule has 28 heavy (non-hydrogen) atoms. The fourth-order valence-electron chi connectivity index (χ4n) is 4.10. The van der Waals surface area contributed by atoms with E-state index in [2.05, 4.69) is 4.90 Å². The van der Waals surface area contributed by atoms with Crippen molar-refractivity contribution in [3.8, 4) is 0 Å². The highest BCUT2D eigenvalue weighted by Gasteiger charge is 2.47. The second-order valence-electron chi connectivity index (χ2n) is 7.78. The van der Waals surface area contributed by atoms with Crippen LogP contribution in [-0.2, 0) is 0 Å². The fraction of sp³-hybridized carbons (Fsp3) is 0.391. The predicted molar refractivity (Wildman–Crippen MR) is 114 cm³/mol. The van der Waals surface area contributed by atoms with Crippen molar-refractivity contribution >= 4 is 23.6 Å². The number of rotatable bonds is 2.